The molecule has 2 aromatic carbocycles. The van der Waals surface area contributed by atoms with Crippen molar-refractivity contribution in [1.82, 2.24) is 9.62 Å². The Labute approximate surface area is 193 Å². The summed E-state index contributed by atoms with van der Waals surface area (Å²) in [5.41, 5.74) is 1.76. The first-order chi connectivity index (χ1) is 15.7. The van der Waals surface area contributed by atoms with Crippen LogP contribution in [0.4, 0.5) is 5.69 Å². The van der Waals surface area contributed by atoms with Gasteiger partial charge in [0, 0.05) is 19.2 Å². The van der Waals surface area contributed by atoms with Gasteiger partial charge in [0.15, 0.2) is 11.9 Å². The van der Waals surface area contributed by atoms with Crippen molar-refractivity contribution in [1.29, 1.82) is 0 Å². The smallest absolute Gasteiger partial charge is 0.312 e. The molecule has 9 nitrogen and oxygen atoms in total. The van der Waals surface area contributed by atoms with Gasteiger partial charge < -0.3 is 10.1 Å². The highest BCUT2D eigenvalue weighted by Gasteiger charge is 2.29. The minimum atomic E-state index is -3.87. The molecule has 0 fully saturated rings. The summed E-state index contributed by atoms with van der Waals surface area (Å²) in [6.07, 6.45) is 1.70. The van der Waals surface area contributed by atoms with Gasteiger partial charge in [-0.15, -0.1) is 0 Å². The minimum absolute atomic E-state index is 0.148. The molecule has 1 aliphatic rings. The van der Waals surface area contributed by atoms with Crippen LogP contribution < -0.4 is 10.1 Å². The predicted molar refractivity (Wildman–Crippen MR) is 124 cm³/mol. The maximum atomic E-state index is 12.8. The molecule has 178 valence electrons. The van der Waals surface area contributed by atoms with Crippen molar-refractivity contribution in [2.45, 2.75) is 57.1 Å². The Morgan fingerprint density at radius 3 is 2.61 bits per heavy atom. The third-order valence-corrected chi connectivity index (χ3v) is 7.88. The van der Waals surface area contributed by atoms with Gasteiger partial charge in [-0.25, -0.2) is 8.42 Å². The van der Waals surface area contributed by atoms with E-state index in [1.165, 1.54) is 28.9 Å². The number of aryl methyl sites for hydroxylation is 1. The lowest BCUT2D eigenvalue weighted by Crippen LogP contribution is -2.39. The van der Waals surface area contributed by atoms with Gasteiger partial charge in [-0.05, 0) is 49.4 Å². The Balaban J connectivity index is 1.79. The second-order valence-corrected chi connectivity index (χ2v) is 9.83. The zero-order valence-electron chi connectivity index (χ0n) is 19.0. The van der Waals surface area contributed by atoms with Crippen LogP contribution in [0.5, 0.6) is 5.75 Å². The molecule has 0 aromatic heterocycles. The summed E-state index contributed by atoms with van der Waals surface area (Å²) in [6.45, 7) is 5.38. The molecule has 0 radical (unpaired) electrons. The van der Waals surface area contributed by atoms with Crippen molar-refractivity contribution in [2.24, 2.45) is 0 Å². The molecular weight excluding hydrogens is 446 g/mol. The maximum Gasteiger partial charge on any atom is 0.312 e. The molecule has 1 aliphatic carbocycles. The Kier molecular flexibility index (Phi) is 7.70. The van der Waals surface area contributed by atoms with E-state index in [1.807, 2.05) is 24.3 Å². The zero-order chi connectivity index (χ0) is 24.2. The van der Waals surface area contributed by atoms with Gasteiger partial charge in [-0.1, -0.05) is 38.1 Å². The Morgan fingerprint density at radius 2 is 1.94 bits per heavy atom. The van der Waals surface area contributed by atoms with E-state index in [0.29, 0.717) is 0 Å². The summed E-state index contributed by atoms with van der Waals surface area (Å²) in [4.78, 5) is 23.5. The van der Waals surface area contributed by atoms with Gasteiger partial charge in [0.1, 0.15) is 0 Å². The van der Waals surface area contributed by atoms with Crippen LogP contribution in [0.15, 0.2) is 47.4 Å². The molecule has 1 N–H and O–H groups in total. The number of rotatable bonds is 9. The number of carbonyl (C=O) groups excluding carboxylic acids is 1. The van der Waals surface area contributed by atoms with E-state index in [9.17, 15) is 23.3 Å². The quantitative estimate of drug-likeness (QED) is 0.437. The highest BCUT2D eigenvalue weighted by atomic mass is 32.2. The van der Waals surface area contributed by atoms with E-state index >= 15 is 0 Å². The molecule has 1 amide bonds. The molecule has 10 heteroatoms. The molecule has 2 atom stereocenters. The minimum Gasteiger partial charge on any atom is -0.474 e. The Morgan fingerprint density at radius 1 is 1.24 bits per heavy atom. The fourth-order valence-electron chi connectivity index (χ4n) is 4.05. The van der Waals surface area contributed by atoms with Crippen LogP contribution in [-0.4, -0.2) is 42.7 Å². The third kappa shape index (κ3) is 5.33. The zero-order valence-corrected chi connectivity index (χ0v) is 19.8. The molecule has 0 heterocycles. The lowest BCUT2D eigenvalue weighted by molar-refractivity contribution is -0.386. The molecule has 0 saturated carbocycles. The first-order valence-electron chi connectivity index (χ1n) is 11.0. The number of hydrogen-bond acceptors (Lipinski definition) is 6. The van der Waals surface area contributed by atoms with E-state index in [2.05, 4.69) is 5.32 Å². The fraction of sp³-hybridized carbons (Fsp3) is 0.435. The number of nitro groups is 1. The van der Waals surface area contributed by atoms with E-state index in [-0.39, 0.29) is 29.8 Å². The van der Waals surface area contributed by atoms with Gasteiger partial charge in [-0.3, -0.25) is 14.9 Å². The van der Waals surface area contributed by atoms with Crippen molar-refractivity contribution in [2.75, 3.05) is 13.1 Å². The highest BCUT2D eigenvalue weighted by Crippen LogP contribution is 2.32. The number of sulfonamides is 1. The molecule has 0 unspecified atom stereocenters. The van der Waals surface area contributed by atoms with Crippen LogP contribution in [-0.2, 0) is 21.2 Å². The summed E-state index contributed by atoms with van der Waals surface area (Å²) in [7, 11) is -3.87. The molecular formula is C23H29N3O6S. The van der Waals surface area contributed by atoms with E-state index in [1.54, 1.807) is 13.8 Å². The first kappa shape index (κ1) is 24.7. The summed E-state index contributed by atoms with van der Waals surface area (Å²) in [6, 6.07) is 11.3. The van der Waals surface area contributed by atoms with Gasteiger partial charge in [0.2, 0.25) is 10.0 Å². The van der Waals surface area contributed by atoms with Crippen molar-refractivity contribution in [3.63, 3.8) is 0 Å². The monoisotopic (exact) mass is 475 g/mol. The van der Waals surface area contributed by atoms with E-state index < -0.39 is 32.6 Å². The summed E-state index contributed by atoms with van der Waals surface area (Å²) < 4.78 is 32.3. The topological polar surface area (TPSA) is 119 Å². The van der Waals surface area contributed by atoms with Crippen LogP contribution in [0.25, 0.3) is 0 Å². The molecule has 0 bridgehead atoms. The Bertz CT molecular complexity index is 1130. The van der Waals surface area contributed by atoms with Crippen molar-refractivity contribution < 1.29 is 22.9 Å². The lowest BCUT2D eigenvalue weighted by atomic mass is 9.87. The van der Waals surface area contributed by atoms with Crippen LogP contribution in [0, 0.1) is 10.1 Å². The number of nitro benzene ring substituents is 1. The number of hydrogen-bond donors (Lipinski definition) is 1. The van der Waals surface area contributed by atoms with E-state index in [4.69, 9.17) is 4.74 Å². The van der Waals surface area contributed by atoms with Crippen molar-refractivity contribution in [3.05, 3.63) is 63.7 Å². The average molecular weight is 476 g/mol. The van der Waals surface area contributed by atoms with E-state index in [0.717, 1.165) is 30.9 Å². The molecule has 33 heavy (non-hydrogen) atoms. The number of amides is 1. The molecule has 0 spiro atoms. The van der Waals surface area contributed by atoms with Gasteiger partial charge >= 0.3 is 5.69 Å². The SMILES string of the molecule is CCN(CC)S(=O)(=O)c1ccc(O[C@H](C)C(=O)N[C@@H]2CCCc3ccccc32)c([N+](=O)[O-])c1. The number of fused-ring (bicyclic) bond motifs is 1. The number of carbonyl (C=O) groups is 1. The number of benzene rings is 2. The second kappa shape index (κ2) is 10.3. The normalized spacial score (nSPS) is 16.7. The van der Waals surface area contributed by atoms with Crippen molar-refractivity contribution >= 4 is 21.6 Å². The summed E-state index contributed by atoms with van der Waals surface area (Å²) >= 11 is 0. The summed E-state index contributed by atoms with van der Waals surface area (Å²) in [5.74, 6) is -0.559. The number of nitrogens with one attached hydrogen (secondary N) is 1. The summed E-state index contributed by atoms with van der Waals surface area (Å²) in [5, 5.41) is 14.6. The van der Waals surface area contributed by atoms with Crippen LogP contribution >= 0.6 is 0 Å². The largest absolute Gasteiger partial charge is 0.474 e. The highest BCUT2D eigenvalue weighted by molar-refractivity contribution is 7.89. The van der Waals surface area contributed by atoms with Crippen LogP contribution in [0.1, 0.15) is 50.8 Å². The van der Waals surface area contributed by atoms with Crippen LogP contribution in [0.2, 0.25) is 0 Å². The maximum absolute atomic E-state index is 12.8. The molecule has 0 aliphatic heterocycles. The average Bonchev–Trinajstić information content (AvgIpc) is 2.79. The van der Waals surface area contributed by atoms with Gasteiger partial charge in [0.05, 0.1) is 15.9 Å². The van der Waals surface area contributed by atoms with Crippen molar-refractivity contribution in [3.8, 4) is 5.75 Å². The Hall–Kier alpha value is -2.98. The van der Waals surface area contributed by atoms with Crippen LogP contribution in [0.3, 0.4) is 0 Å². The molecule has 0 saturated heterocycles. The second-order valence-electron chi connectivity index (χ2n) is 7.89. The number of nitrogens with zero attached hydrogens (tertiary/aromatic N) is 2. The third-order valence-electron chi connectivity index (χ3n) is 5.83. The predicted octanol–water partition coefficient (Wildman–Crippen LogP) is 3.59. The standard InChI is InChI=1S/C23H29N3O6S/c1-4-25(5-2)33(30,31)18-13-14-22(21(15-18)26(28)29)32-16(3)23(27)24-20-12-8-10-17-9-6-7-11-19(17)20/h6-7,9,11,13-16,20H,4-5,8,10,12H2,1-3H3,(H,24,27)/t16-,20-/m1/s1. The lowest BCUT2D eigenvalue weighted by Gasteiger charge is -2.27. The van der Waals surface area contributed by atoms with Gasteiger partial charge in [0.25, 0.3) is 5.91 Å². The first-order valence-corrected chi connectivity index (χ1v) is 12.5. The molecule has 3 rings (SSSR count). The number of ether oxygens (including phenoxy) is 1. The molecule has 2 aromatic rings. The van der Waals surface area contributed by atoms with Gasteiger partial charge in [-0.2, -0.15) is 4.31 Å². The fourth-order valence-corrected chi connectivity index (χ4v) is 5.53.